The van der Waals surface area contributed by atoms with Crippen molar-refractivity contribution >= 4 is 22.6 Å². The van der Waals surface area contributed by atoms with Gasteiger partial charge in [0.1, 0.15) is 0 Å². The van der Waals surface area contributed by atoms with Gasteiger partial charge in [-0.25, -0.2) is 4.79 Å². The zero-order valence-electron chi connectivity index (χ0n) is 19.8. The molecule has 1 amide bonds. The molecule has 2 fully saturated rings. The molecule has 8 nitrogen and oxygen atoms in total. The second-order valence-corrected chi connectivity index (χ2v) is 9.44. The average molecular weight is 465 g/mol. The topological polar surface area (TPSA) is 77.7 Å². The number of benzene rings is 2. The summed E-state index contributed by atoms with van der Waals surface area (Å²) in [6.07, 6.45) is 2.84. The first-order chi connectivity index (χ1) is 16.4. The van der Waals surface area contributed by atoms with Gasteiger partial charge >= 0.3 is 5.69 Å². The van der Waals surface area contributed by atoms with Gasteiger partial charge < -0.3 is 14.8 Å². The summed E-state index contributed by atoms with van der Waals surface area (Å²) < 4.78 is 15.8. The molecule has 3 aromatic rings. The first-order valence-electron chi connectivity index (χ1n) is 11.9. The Bertz CT molecular complexity index is 1230. The first kappa shape index (κ1) is 22.8. The molecule has 1 N–H and O–H groups in total. The van der Waals surface area contributed by atoms with Crippen molar-refractivity contribution in [2.24, 2.45) is 14.1 Å². The third kappa shape index (κ3) is 4.41. The van der Waals surface area contributed by atoms with Crippen LogP contribution in [0.15, 0.2) is 53.3 Å². The highest BCUT2D eigenvalue weighted by molar-refractivity contribution is 5.94. The number of likely N-dealkylation sites (tertiary alicyclic amines) is 1. The van der Waals surface area contributed by atoms with E-state index >= 15 is 0 Å². The van der Waals surface area contributed by atoms with Crippen LogP contribution < -0.4 is 11.0 Å². The Hall–Kier alpha value is -2.94. The fraction of sp³-hybridized carbons (Fsp3) is 0.462. The molecule has 0 aliphatic carbocycles. The van der Waals surface area contributed by atoms with Crippen LogP contribution >= 0.6 is 0 Å². The Morgan fingerprint density at radius 2 is 1.91 bits per heavy atom. The number of aromatic nitrogens is 2. The third-order valence-corrected chi connectivity index (χ3v) is 7.21. The monoisotopic (exact) mass is 464 g/mol. The molecule has 1 aromatic heterocycles. The van der Waals surface area contributed by atoms with Crippen LogP contribution in [0.3, 0.4) is 0 Å². The van der Waals surface area contributed by atoms with Crippen molar-refractivity contribution in [2.45, 2.75) is 37.6 Å². The smallest absolute Gasteiger partial charge is 0.328 e. The Kier molecular flexibility index (Phi) is 6.29. The number of rotatable bonds is 6. The van der Waals surface area contributed by atoms with Gasteiger partial charge in [0.2, 0.25) is 5.91 Å². The quantitative estimate of drug-likeness (QED) is 0.607. The van der Waals surface area contributed by atoms with Crippen LogP contribution in [0.1, 0.15) is 24.8 Å². The highest BCUT2D eigenvalue weighted by Crippen LogP contribution is 2.38. The third-order valence-electron chi connectivity index (χ3n) is 7.21. The van der Waals surface area contributed by atoms with E-state index < -0.39 is 0 Å². The summed E-state index contributed by atoms with van der Waals surface area (Å²) in [5.41, 5.74) is 3.11. The Balaban J connectivity index is 1.24. The molecule has 0 bridgehead atoms. The number of hydrogen-bond donors (Lipinski definition) is 1. The highest BCUT2D eigenvalue weighted by atomic mass is 16.6. The largest absolute Gasteiger partial charge is 0.372 e. The molecule has 3 heterocycles. The zero-order chi connectivity index (χ0) is 23.7. The summed E-state index contributed by atoms with van der Waals surface area (Å²) in [6.45, 7) is 3.05. The molecular formula is C26H32N4O4. The van der Waals surface area contributed by atoms with Gasteiger partial charge in [-0.15, -0.1) is 0 Å². The Labute approximate surface area is 199 Å². The lowest BCUT2D eigenvalue weighted by atomic mass is 9.85. The number of imidazole rings is 1. The minimum atomic E-state index is -0.245. The lowest BCUT2D eigenvalue weighted by Gasteiger charge is -2.44. The number of amides is 1. The van der Waals surface area contributed by atoms with E-state index in [9.17, 15) is 9.59 Å². The number of nitrogens with zero attached hydrogens (tertiary/aromatic N) is 3. The van der Waals surface area contributed by atoms with Gasteiger partial charge in [-0.3, -0.25) is 18.8 Å². The molecule has 1 spiro atoms. The van der Waals surface area contributed by atoms with Crippen molar-refractivity contribution in [3.05, 3.63) is 64.6 Å². The summed E-state index contributed by atoms with van der Waals surface area (Å²) in [4.78, 5) is 27.2. The van der Waals surface area contributed by atoms with Gasteiger partial charge in [0.25, 0.3) is 0 Å². The zero-order valence-corrected chi connectivity index (χ0v) is 19.8. The molecule has 0 saturated carbocycles. The van der Waals surface area contributed by atoms with Crippen LogP contribution in [-0.4, -0.2) is 57.9 Å². The van der Waals surface area contributed by atoms with Crippen LogP contribution in [0, 0.1) is 0 Å². The van der Waals surface area contributed by atoms with E-state index in [4.69, 9.17) is 9.47 Å². The number of carbonyl (C=O) groups is 1. The molecule has 2 aliphatic rings. The number of hydrogen-bond acceptors (Lipinski definition) is 5. The second-order valence-electron chi connectivity index (χ2n) is 9.44. The van der Waals surface area contributed by atoms with Crippen LogP contribution in [0.2, 0.25) is 0 Å². The van der Waals surface area contributed by atoms with Gasteiger partial charge in [0.15, 0.2) is 0 Å². The predicted molar refractivity (Wildman–Crippen MR) is 131 cm³/mol. The van der Waals surface area contributed by atoms with E-state index in [0.29, 0.717) is 18.8 Å². The van der Waals surface area contributed by atoms with E-state index in [0.717, 1.165) is 49.0 Å². The van der Waals surface area contributed by atoms with Crippen LogP contribution in [0.25, 0.3) is 11.0 Å². The molecule has 0 unspecified atom stereocenters. The number of anilines is 1. The lowest BCUT2D eigenvalue weighted by Crippen LogP contribution is -2.57. The molecule has 8 heteroatoms. The van der Waals surface area contributed by atoms with Crippen molar-refractivity contribution < 1.29 is 14.3 Å². The van der Waals surface area contributed by atoms with Crippen molar-refractivity contribution in [3.63, 3.8) is 0 Å². The van der Waals surface area contributed by atoms with Crippen molar-refractivity contribution in [2.75, 3.05) is 31.6 Å². The number of piperidine rings is 1. The van der Waals surface area contributed by atoms with Gasteiger partial charge in [-0.05, 0) is 43.0 Å². The van der Waals surface area contributed by atoms with Gasteiger partial charge in [0, 0.05) is 39.5 Å². The highest BCUT2D eigenvalue weighted by Gasteiger charge is 2.47. The number of carbonyl (C=O) groups excluding carboxylic acids is 1. The normalized spacial score (nSPS) is 23.1. The molecule has 2 aromatic carbocycles. The van der Waals surface area contributed by atoms with Crippen molar-refractivity contribution in [3.8, 4) is 0 Å². The van der Waals surface area contributed by atoms with Gasteiger partial charge in [-0.2, -0.15) is 0 Å². The fourth-order valence-corrected chi connectivity index (χ4v) is 5.28. The fourth-order valence-electron chi connectivity index (χ4n) is 5.28. The molecule has 5 rings (SSSR count). The molecule has 2 atom stereocenters. The molecular weight excluding hydrogens is 432 g/mol. The van der Waals surface area contributed by atoms with Crippen LogP contribution in [0.5, 0.6) is 0 Å². The number of ether oxygens (including phenoxy) is 2. The maximum Gasteiger partial charge on any atom is 0.328 e. The Morgan fingerprint density at radius 3 is 2.68 bits per heavy atom. The minimum absolute atomic E-state index is 0.0769. The summed E-state index contributed by atoms with van der Waals surface area (Å²) in [5.74, 6) is -0.0784. The maximum absolute atomic E-state index is 12.9. The molecule has 2 aliphatic heterocycles. The van der Waals surface area contributed by atoms with Crippen molar-refractivity contribution in [1.29, 1.82) is 0 Å². The summed E-state index contributed by atoms with van der Waals surface area (Å²) in [6, 6.07) is 15.7. The summed E-state index contributed by atoms with van der Waals surface area (Å²) in [5, 5.41) is 2.99. The number of nitrogens with one attached hydrogen (secondary N) is 1. The molecule has 2 saturated heterocycles. The van der Waals surface area contributed by atoms with Crippen LogP contribution in [-0.2, 0) is 35.0 Å². The van der Waals surface area contributed by atoms with E-state index in [-0.39, 0.29) is 29.8 Å². The van der Waals surface area contributed by atoms with E-state index in [1.54, 1.807) is 23.2 Å². The van der Waals surface area contributed by atoms with E-state index in [1.807, 2.05) is 36.4 Å². The minimum Gasteiger partial charge on any atom is -0.372 e. The first-order valence-corrected chi connectivity index (χ1v) is 11.9. The van der Waals surface area contributed by atoms with Gasteiger partial charge in [-0.1, -0.05) is 30.3 Å². The van der Waals surface area contributed by atoms with E-state index in [2.05, 4.69) is 22.3 Å². The average Bonchev–Trinajstić information content (AvgIpc) is 3.40. The molecule has 0 radical (unpaired) electrons. The maximum atomic E-state index is 12.9. The predicted octanol–water partition coefficient (Wildman–Crippen LogP) is 2.66. The van der Waals surface area contributed by atoms with Crippen molar-refractivity contribution in [1.82, 2.24) is 14.0 Å². The lowest BCUT2D eigenvalue weighted by molar-refractivity contribution is -0.159. The standard InChI is InChI=1S/C26H32N4O4/c1-28-21-10-9-20(15-22(21)29(2)25(28)32)27-24(31)17-30-13-12-26(11-6-14-34-26)23(16-30)33-18-19-7-4-3-5-8-19/h3-5,7-10,15,23H,6,11-14,16-18H2,1-2H3,(H,27,31)/t23-,26-/m0/s1. The Morgan fingerprint density at radius 1 is 1.12 bits per heavy atom. The summed E-state index contributed by atoms with van der Waals surface area (Å²) in [7, 11) is 3.48. The van der Waals surface area contributed by atoms with E-state index in [1.165, 1.54) is 0 Å². The summed E-state index contributed by atoms with van der Waals surface area (Å²) >= 11 is 0. The second kappa shape index (κ2) is 9.37. The van der Waals surface area contributed by atoms with Gasteiger partial charge in [0.05, 0.1) is 35.9 Å². The SMILES string of the molecule is Cn1c(=O)n(C)c2cc(NC(=O)CN3CC[C@@]4(CCCO4)[C@@H](OCc4ccccc4)C3)ccc21. The van der Waals surface area contributed by atoms with Crippen LogP contribution in [0.4, 0.5) is 5.69 Å². The molecule has 180 valence electrons. The number of fused-ring (bicyclic) bond motifs is 1. The molecule has 34 heavy (non-hydrogen) atoms. The number of aryl methyl sites for hydroxylation is 2.